The first-order valence-electron chi connectivity index (χ1n) is 13.3. The molecule has 5 nitrogen and oxygen atoms in total. The van der Waals surface area contributed by atoms with Gasteiger partial charge >= 0.3 is 11.9 Å². The van der Waals surface area contributed by atoms with Crippen LogP contribution in [0.15, 0.2) is 0 Å². The predicted octanol–water partition coefficient (Wildman–Crippen LogP) is 7.39. The van der Waals surface area contributed by atoms with Gasteiger partial charge in [0, 0.05) is 0 Å². The summed E-state index contributed by atoms with van der Waals surface area (Å²) in [6.07, 6.45) is 14.7. The Morgan fingerprint density at radius 1 is 0.727 bits per heavy atom. The fourth-order valence-electron chi connectivity index (χ4n) is 4.12. The van der Waals surface area contributed by atoms with Crippen molar-refractivity contribution < 1.29 is 24.5 Å². The maximum atomic E-state index is 11.7. The van der Waals surface area contributed by atoms with Gasteiger partial charge in [-0.2, -0.15) is 0 Å². The zero-order valence-corrected chi connectivity index (χ0v) is 22.9. The van der Waals surface area contributed by atoms with Crippen molar-refractivity contribution in [2.75, 3.05) is 0 Å². The zero-order chi connectivity index (χ0) is 25.7. The minimum atomic E-state index is -0.757. The van der Waals surface area contributed by atoms with Crippen LogP contribution in [0.4, 0.5) is 0 Å². The van der Waals surface area contributed by atoms with Crippen molar-refractivity contribution in [1.29, 1.82) is 0 Å². The second-order valence-corrected chi connectivity index (χ2v) is 12.1. The van der Waals surface area contributed by atoms with Crippen LogP contribution in [0.5, 0.6) is 0 Å². The van der Waals surface area contributed by atoms with Gasteiger partial charge in [0.1, 0.15) is 6.10 Å². The van der Waals surface area contributed by atoms with Crippen LogP contribution in [-0.4, -0.2) is 34.4 Å². The number of hydrogen-bond donors (Lipinski definition) is 2. The molecule has 5 heteroatoms. The number of carboxylic acids is 1. The van der Waals surface area contributed by atoms with Crippen LogP contribution in [0, 0.1) is 22.7 Å². The Bertz CT molecular complexity index is 527. The van der Waals surface area contributed by atoms with E-state index < -0.39 is 11.4 Å². The largest absolute Gasteiger partial charge is 0.481 e. The van der Waals surface area contributed by atoms with Crippen LogP contribution >= 0.6 is 0 Å². The molecule has 0 unspecified atom stereocenters. The second-order valence-electron chi connectivity index (χ2n) is 12.1. The molecule has 2 aliphatic rings. The van der Waals surface area contributed by atoms with E-state index in [0.29, 0.717) is 0 Å². The molecule has 2 N–H and O–H groups in total. The first-order valence-corrected chi connectivity index (χ1v) is 13.3. The highest BCUT2D eigenvalue weighted by Gasteiger charge is 2.29. The lowest BCUT2D eigenvalue weighted by atomic mass is 9.84. The van der Waals surface area contributed by atoms with Gasteiger partial charge < -0.3 is 14.9 Å². The summed E-state index contributed by atoms with van der Waals surface area (Å²) in [6, 6.07) is 0. The average molecular weight is 471 g/mol. The number of aliphatic carboxylic acids is 1. The summed E-state index contributed by atoms with van der Waals surface area (Å²) in [5.74, 6) is 0.988. The first-order chi connectivity index (χ1) is 15.2. The highest BCUT2D eigenvalue weighted by Crippen LogP contribution is 2.30. The lowest BCUT2D eigenvalue weighted by Gasteiger charge is -2.30. The third-order valence-corrected chi connectivity index (χ3v) is 6.53. The number of aliphatic hydroxyl groups is 1. The normalized spacial score (nSPS) is 25.6. The molecule has 0 saturated heterocycles. The quantitative estimate of drug-likeness (QED) is 0.409. The molecule has 0 heterocycles. The van der Waals surface area contributed by atoms with E-state index in [1.807, 2.05) is 20.8 Å². The van der Waals surface area contributed by atoms with Gasteiger partial charge in [-0.1, -0.05) is 39.5 Å². The van der Waals surface area contributed by atoms with Crippen molar-refractivity contribution in [2.24, 2.45) is 22.7 Å². The van der Waals surface area contributed by atoms with E-state index in [9.17, 15) is 14.7 Å². The Kier molecular flexibility index (Phi) is 15.2. The Balaban J connectivity index is 0.000000514. The highest BCUT2D eigenvalue weighted by molar-refractivity contribution is 5.75. The molecular formula is C28H54O5. The van der Waals surface area contributed by atoms with Crippen molar-refractivity contribution >= 4 is 11.9 Å². The Morgan fingerprint density at radius 2 is 1.09 bits per heavy atom. The fraction of sp³-hybridized carbons (Fsp3) is 0.929. The van der Waals surface area contributed by atoms with Crippen molar-refractivity contribution in [2.45, 2.75) is 145 Å². The second kappa shape index (κ2) is 15.7. The van der Waals surface area contributed by atoms with Gasteiger partial charge in [0.25, 0.3) is 0 Å². The molecule has 2 aliphatic carbocycles. The molecule has 2 rings (SSSR count). The van der Waals surface area contributed by atoms with Gasteiger partial charge in [-0.25, -0.2) is 0 Å². The van der Waals surface area contributed by atoms with E-state index in [2.05, 4.69) is 13.8 Å². The van der Waals surface area contributed by atoms with Crippen LogP contribution in [0.2, 0.25) is 0 Å². The molecule has 0 aromatic rings. The summed E-state index contributed by atoms with van der Waals surface area (Å²) >= 11 is 0. The van der Waals surface area contributed by atoms with Crippen LogP contribution < -0.4 is 0 Å². The van der Waals surface area contributed by atoms with E-state index in [4.69, 9.17) is 9.84 Å². The predicted molar refractivity (Wildman–Crippen MR) is 136 cm³/mol. The van der Waals surface area contributed by atoms with Crippen LogP contribution in [0.25, 0.3) is 0 Å². The number of hydrogen-bond acceptors (Lipinski definition) is 4. The Hall–Kier alpha value is -1.10. The molecule has 0 atom stereocenters. The van der Waals surface area contributed by atoms with Crippen LogP contribution in [0.3, 0.4) is 0 Å². The topological polar surface area (TPSA) is 83.8 Å². The maximum Gasteiger partial charge on any atom is 0.311 e. The van der Waals surface area contributed by atoms with Crippen LogP contribution in [0.1, 0.15) is 132 Å². The average Bonchev–Trinajstić information content (AvgIpc) is 2.71. The highest BCUT2D eigenvalue weighted by atomic mass is 16.5. The minimum absolute atomic E-state index is 0.0214. The van der Waals surface area contributed by atoms with Crippen molar-refractivity contribution in [1.82, 2.24) is 0 Å². The van der Waals surface area contributed by atoms with Crippen molar-refractivity contribution in [3.8, 4) is 0 Å². The molecule has 2 saturated carbocycles. The summed E-state index contributed by atoms with van der Waals surface area (Å²) in [5, 5.41) is 17.4. The molecule has 33 heavy (non-hydrogen) atoms. The third kappa shape index (κ3) is 15.4. The molecule has 0 radical (unpaired) electrons. The summed E-state index contributed by atoms with van der Waals surface area (Å²) in [6.45, 7) is 15.2. The molecular weight excluding hydrogens is 416 g/mol. The molecule has 196 valence electrons. The minimum Gasteiger partial charge on any atom is -0.481 e. The number of aliphatic hydroxyl groups excluding tert-OH is 1. The van der Waals surface area contributed by atoms with Gasteiger partial charge in [0.15, 0.2) is 0 Å². The van der Waals surface area contributed by atoms with E-state index >= 15 is 0 Å². The van der Waals surface area contributed by atoms with E-state index in [1.54, 1.807) is 20.8 Å². The van der Waals surface area contributed by atoms with Crippen molar-refractivity contribution in [3.63, 3.8) is 0 Å². The Labute approximate surface area is 204 Å². The van der Waals surface area contributed by atoms with E-state index in [1.165, 1.54) is 51.4 Å². The standard InChI is InChI=1S/C14H26O2.C9H18O.C5H10O2/c1-5-6-11-7-9-12(10-8-11)16-13(15)14(2,3)4;1-2-3-8-4-6-9(10)7-5-8;1-5(2,3)4(6)7/h11-12H,5-10H2,1-4H3;8-10H,2-7H2,1H3;1-3H3,(H,6,7). The maximum absolute atomic E-state index is 11.7. The molecule has 0 amide bonds. The summed E-state index contributed by atoms with van der Waals surface area (Å²) in [5.41, 5.74) is -0.944. The van der Waals surface area contributed by atoms with Gasteiger partial charge in [-0.05, 0) is 105 Å². The lowest BCUT2D eigenvalue weighted by Crippen LogP contribution is -2.30. The van der Waals surface area contributed by atoms with Crippen molar-refractivity contribution in [3.05, 3.63) is 0 Å². The van der Waals surface area contributed by atoms with Gasteiger partial charge in [0.05, 0.1) is 16.9 Å². The lowest BCUT2D eigenvalue weighted by molar-refractivity contribution is -0.160. The number of rotatable bonds is 5. The van der Waals surface area contributed by atoms with Gasteiger partial charge in [0.2, 0.25) is 0 Å². The van der Waals surface area contributed by atoms with E-state index in [0.717, 1.165) is 37.5 Å². The molecule has 0 aromatic heterocycles. The number of carboxylic acid groups (broad SMARTS) is 1. The fourth-order valence-corrected chi connectivity index (χ4v) is 4.12. The van der Waals surface area contributed by atoms with Crippen LogP contribution in [-0.2, 0) is 14.3 Å². The molecule has 0 spiro atoms. The zero-order valence-electron chi connectivity index (χ0n) is 22.9. The molecule has 0 bridgehead atoms. The summed E-state index contributed by atoms with van der Waals surface area (Å²) < 4.78 is 5.54. The van der Waals surface area contributed by atoms with Gasteiger partial charge in [-0.3, -0.25) is 9.59 Å². The number of ether oxygens (including phenoxy) is 1. The number of carbonyl (C=O) groups is 2. The first kappa shape index (κ1) is 31.9. The number of esters is 1. The molecule has 0 aliphatic heterocycles. The monoisotopic (exact) mass is 470 g/mol. The van der Waals surface area contributed by atoms with E-state index in [-0.39, 0.29) is 23.6 Å². The molecule has 0 aromatic carbocycles. The van der Waals surface area contributed by atoms with Gasteiger partial charge in [-0.15, -0.1) is 0 Å². The summed E-state index contributed by atoms with van der Waals surface area (Å²) in [4.78, 5) is 21.7. The SMILES string of the molecule is CC(C)(C)C(=O)O.CCCC1CCC(O)CC1.CCCC1CCC(OC(=O)C(C)(C)C)CC1. The number of carbonyl (C=O) groups excluding carboxylic acids is 1. The summed E-state index contributed by atoms with van der Waals surface area (Å²) in [7, 11) is 0. The smallest absolute Gasteiger partial charge is 0.311 e. The molecule has 2 fully saturated rings. The third-order valence-electron chi connectivity index (χ3n) is 6.53. The Morgan fingerprint density at radius 3 is 1.39 bits per heavy atom.